The van der Waals surface area contributed by atoms with Gasteiger partial charge < -0.3 is 4.90 Å². The number of hydrogen-bond donors (Lipinski definition) is 0. The zero-order chi connectivity index (χ0) is 11.4. The van der Waals surface area contributed by atoms with E-state index in [0.717, 1.165) is 17.2 Å². The van der Waals surface area contributed by atoms with E-state index in [4.69, 9.17) is 0 Å². The number of rotatable bonds is 3. The molecule has 0 saturated heterocycles. The summed E-state index contributed by atoms with van der Waals surface area (Å²) in [6.07, 6.45) is 9.22. The maximum absolute atomic E-state index is 4.46. The monoisotopic (exact) mass is 215 g/mol. The van der Waals surface area contributed by atoms with Gasteiger partial charge in [-0.2, -0.15) is 0 Å². The molecule has 0 N–H and O–H groups in total. The van der Waals surface area contributed by atoms with Crippen LogP contribution in [0.15, 0.2) is 31.0 Å². The molecule has 0 fully saturated rings. The fourth-order valence-electron chi connectivity index (χ4n) is 1.30. The third-order valence-corrected chi connectivity index (χ3v) is 2.11. The van der Waals surface area contributed by atoms with Gasteiger partial charge in [0.1, 0.15) is 5.82 Å². The first-order valence-corrected chi connectivity index (χ1v) is 4.99. The average molecular weight is 215 g/mol. The van der Waals surface area contributed by atoms with Crippen LogP contribution in [0, 0.1) is 0 Å². The van der Waals surface area contributed by atoms with E-state index in [0.29, 0.717) is 6.42 Å². The SMILES string of the molecule is CN(C)c1cncc(Cc2cnccn2)n1. The van der Waals surface area contributed by atoms with Gasteiger partial charge in [0.2, 0.25) is 0 Å². The lowest BCUT2D eigenvalue weighted by atomic mass is 10.2. The van der Waals surface area contributed by atoms with E-state index in [-0.39, 0.29) is 0 Å². The van der Waals surface area contributed by atoms with Crippen molar-refractivity contribution in [3.8, 4) is 0 Å². The Morgan fingerprint density at radius 3 is 2.50 bits per heavy atom. The zero-order valence-electron chi connectivity index (χ0n) is 9.33. The third-order valence-electron chi connectivity index (χ3n) is 2.11. The summed E-state index contributed by atoms with van der Waals surface area (Å²) in [7, 11) is 3.88. The normalized spacial score (nSPS) is 10.1. The molecule has 0 spiro atoms. The second kappa shape index (κ2) is 4.65. The molecule has 0 bridgehead atoms. The summed E-state index contributed by atoms with van der Waals surface area (Å²) in [6.45, 7) is 0. The van der Waals surface area contributed by atoms with Gasteiger partial charge in [0.15, 0.2) is 0 Å². The van der Waals surface area contributed by atoms with Crippen LogP contribution >= 0.6 is 0 Å². The van der Waals surface area contributed by atoms with E-state index >= 15 is 0 Å². The summed E-state index contributed by atoms with van der Waals surface area (Å²) in [4.78, 5) is 18.8. The lowest BCUT2D eigenvalue weighted by Crippen LogP contribution is -2.12. The van der Waals surface area contributed by atoms with Crippen molar-refractivity contribution in [1.29, 1.82) is 0 Å². The first-order chi connectivity index (χ1) is 7.75. The summed E-state index contributed by atoms with van der Waals surface area (Å²) in [5.74, 6) is 0.849. The quantitative estimate of drug-likeness (QED) is 0.762. The summed E-state index contributed by atoms with van der Waals surface area (Å²) in [5, 5.41) is 0. The minimum atomic E-state index is 0.655. The van der Waals surface area contributed by atoms with Crippen LogP contribution in [0.3, 0.4) is 0 Å². The van der Waals surface area contributed by atoms with E-state index in [1.54, 1.807) is 31.0 Å². The minimum Gasteiger partial charge on any atom is -0.361 e. The van der Waals surface area contributed by atoms with Crippen molar-refractivity contribution in [1.82, 2.24) is 19.9 Å². The third kappa shape index (κ3) is 2.50. The van der Waals surface area contributed by atoms with Crippen molar-refractivity contribution in [2.45, 2.75) is 6.42 Å². The van der Waals surface area contributed by atoms with Crippen LogP contribution in [0.5, 0.6) is 0 Å². The minimum absolute atomic E-state index is 0.655. The molecular weight excluding hydrogens is 202 g/mol. The molecule has 2 heterocycles. The maximum atomic E-state index is 4.46. The van der Waals surface area contributed by atoms with E-state index in [2.05, 4.69) is 19.9 Å². The molecule has 0 aliphatic heterocycles. The second-order valence-corrected chi connectivity index (χ2v) is 3.64. The molecule has 2 aromatic heterocycles. The smallest absolute Gasteiger partial charge is 0.146 e. The standard InChI is InChI=1S/C11H13N5/c1-16(2)11-8-13-7-10(15-11)5-9-6-12-3-4-14-9/h3-4,6-8H,5H2,1-2H3. The Kier molecular flexibility index (Phi) is 3.05. The molecule has 82 valence electrons. The molecule has 5 nitrogen and oxygen atoms in total. The molecule has 0 unspecified atom stereocenters. The number of anilines is 1. The first kappa shape index (κ1) is 10.5. The number of hydrogen-bond acceptors (Lipinski definition) is 5. The van der Waals surface area contributed by atoms with Crippen molar-refractivity contribution >= 4 is 5.82 Å². The van der Waals surface area contributed by atoms with Gasteiger partial charge in [-0.25, -0.2) is 4.98 Å². The molecule has 0 amide bonds. The van der Waals surface area contributed by atoms with Crippen molar-refractivity contribution in [3.05, 3.63) is 42.4 Å². The maximum Gasteiger partial charge on any atom is 0.146 e. The summed E-state index contributed by atoms with van der Waals surface area (Å²) >= 11 is 0. The van der Waals surface area contributed by atoms with Crippen LogP contribution < -0.4 is 4.90 Å². The molecule has 0 aliphatic rings. The highest BCUT2D eigenvalue weighted by Crippen LogP contribution is 2.08. The highest BCUT2D eigenvalue weighted by atomic mass is 15.1. The Morgan fingerprint density at radius 1 is 1.00 bits per heavy atom. The van der Waals surface area contributed by atoms with Crippen molar-refractivity contribution in [3.63, 3.8) is 0 Å². The van der Waals surface area contributed by atoms with Gasteiger partial charge in [-0.3, -0.25) is 15.0 Å². The van der Waals surface area contributed by atoms with Crippen LogP contribution in [0.2, 0.25) is 0 Å². The topological polar surface area (TPSA) is 54.8 Å². The molecule has 5 heteroatoms. The second-order valence-electron chi connectivity index (χ2n) is 3.64. The predicted molar refractivity (Wildman–Crippen MR) is 61.2 cm³/mol. The highest BCUT2D eigenvalue weighted by molar-refractivity contribution is 5.34. The van der Waals surface area contributed by atoms with Crippen LogP contribution in [0.1, 0.15) is 11.4 Å². The van der Waals surface area contributed by atoms with Gasteiger partial charge in [-0.1, -0.05) is 0 Å². The molecule has 0 radical (unpaired) electrons. The summed E-state index contributed by atoms with van der Waals surface area (Å²) in [5.41, 5.74) is 1.79. The Hall–Kier alpha value is -2.04. The Balaban J connectivity index is 2.19. The summed E-state index contributed by atoms with van der Waals surface area (Å²) in [6, 6.07) is 0. The van der Waals surface area contributed by atoms with Gasteiger partial charge in [-0.15, -0.1) is 0 Å². The van der Waals surface area contributed by atoms with Crippen molar-refractivity contribution < 1.29 is 0 Å². The fraction of sp³-hybridized carbons (Fsp3) is 0.273. The Labute approximate surface area is 94.2 Å². The van der Waals surface area contributed by atoms with Gasteiger partial charge in [0.05, 0.1) is 17.6 Å². The van der Waals surface area contributed by atoms with Gasteiger partial charge in [0.25, 0.3) is 0 Å². The lowest BCUT2D eigenvalue weighted by Gasteiger charge is -2.11. The molecule has 0 atom stereocenters. The first-order valence-electron chi connectivity index (χ1n) is 4.99. The van der Waals surface area contributed by atoms with Crippen molar-refractivity contribution in [2.24, 2.45) is 0 Å². The van der Waals surface area contributed by atoms with Gasteiger partial charge in [0, 0.05) is 45.3 Å². The van der Waals surface area contributed by atoms with Gasteiger partial charge >= 0.3 is 0 Å². The zero-order valence-corrected chi connectivity index (χ0v) is 9.33. The van der Waals surface area contributed by atoms with Crippen LogP contribution in [-0.4, -0.2) is 34.0 Å². The largest absolute Gasteiger partial charge is 0.361 e. The molecule has 16 heavy (non-hydrogen) atoms. The van der Waals surface area contributed by atoms with Crippen LogP contribution in [0.4, 0.5) is 5.82 Å². The molecule has 2 rings (SSSR count). The van der Waals surface area contributed by atoms with Crippen LogP contribution in [0.25, 0.3) is 0 Å². The molecule has 2 aromatic rings. The molecule has 0 saturated carbocycles. The van der Waals surface area contributed by atoms with E-state index < -0.39 is 0 Å². The number of nitrogens with zero attached hydrogens (tertiary/aromatic N) is 5. The van der Waals surface area contributed by atoms with Gasteiger partial charge in [-0.05, 0) is 0 Å². The number of aromatic nitrogens is 4. The highest BCUT2D eigenvalue weighted by Gasteiger charge is 2.02. The fourth-order valence-corrected chi connectivity index (χ4v) is 1.30. The molecule has 0 aromatic carbocycles. The van der Waals surface area contributed by atoms with E-state index in [9.17, 15) is 0 Å². The van der Waals surface area contributed by atoms with Crippen molar-refractivity contribution in [2.75, 3.05) is 19.0 Å². The van der Waals surface area contributed by atoms with E-state index in [1.807, 2.05) is 19.0 Å². The molecular formula is C11H13N5. The van der Waals surface area contributed by atoms with Crippen LogP contribution in [-0.2, 0) is 6.42 Å². The average Bonchev–Trinajstić information content (AvgIpc) is 2.30. The predicted octanol–water partition coefficient (Wildman–Crippen LogP) is 0.923. The Morgan fingerprint density at radius 2 is 1.81 bits per heavy atom. The Bertz CT molecular complexity index is 455. The summed E-state index contributed by atoms with van der Waals surface area (Å²) < 4.78 is 0. The lowest BCUT2D eigenvalue weighted by molar-refractivity contribution is 0.942. The van der Waals surface area contributed by atoms with E-state index in [1.165, 1.54) is 0 Å². The molecule has 0 aliphatic carbocycles.